The van der Waals surface area contributed by atoms with Gasteiger partial charge in [0.1, 0.15) is 17.3 Å². The zero-order valence-electron chi connectivity index (χ0n) is 15.0. The Bertz CT molecular complexity index is 846. The first kappa shape index (κ1) is 18.1. The SMILES string of the molecule is Cc1cc(NC(=O)CN2CCNC(=O)C2(C)C)n(-c2ccccc2F)n1. The number of halogens is 1. The third-order valence-electron chi connectivity index (χ3n) is 4.53. The molecule has 2 N–H and O–H groups in total. The predicted molar refractivity (Wildman–Crippen MR) is 95.6 cm³/mol. The predicted octanol–water partition coefficient (Wildman–Crippen LogP) is 1.47. The van der Waals surface area contributed by atoms with Gasteiger partial charge in [-0.3, -0.25) is 14.5 Å². The molecule has 26 heavy (non-hydrogen) atoms. The number of anilines is 1. The van der Waals surface area contributed by atoms with Crippen LogP contribution >= 0.6 is 0 Å². The van der Waals surface area contributed by atoms with E-state index in [4.69, 9.17) is 0 Å². The van der Waals surface area contributed by atoms with Gasteiger partial charge in [0.05, 0.1) is 17.8 Å². The molecule has 0 saturated carbocycles. The first-order valence-corrected chi connectivity index (χ1v) is 8.44. The second-order valence-electron chi connectivity index (χ2n) is 6.82. The third kappa shape index (κ3) is 3.45. The maximum atomic E-state index is 14.1. The zero-order chi connectivity index (χ0) is 18.9. The molecular weight excluding hydrogens is 337 g/mol. The first-order valence-electron chi connectivity index (χ1n) is 8.44. The second kappa shape index (κ2) is 6.87. The minimum absolute atomic E-state index is 0.0575. The average Bonchev–Trinajstić information content (AvgIpc) is 2.93. The number of hydrogen-bond acceptors (Lipinski definition) is 4. The quantitative estimate of drug-likeness (QED) is 0.866. The number of piperazine rings is 1. The number of aryl methyl sites for hydroxylation is 1. The molecule has 1 aromatic heterocycles. The Morgan fingerprint density at radius 1 is 1.38 bits per heavy atom. The minimum atomic E-state index is -0.767. The Hall–Kier alpha value is -2.74. The average molecular weight is 359 g/mol. The van der Waals surface area contributed by atoms with Crippen LogP contribution in [0.5, 0.6) is 0 Å². The smallest absolute Gasteiger partial charge is 0.240 e. The topological polar surface area (TPSA) is 79.3 Å². The minimum Gasteiger partial charge on any atom is -0.353 e. The number of benzene rings is 1. The number of rotatable bonds is 4. The van der Waals surface area contributed by atoms with Gasteiger partial charge < -0.3 is 10.6 Å². The fourth-order valence-corrected chi connectivity index (χ4v) is 2.97. The van der Waals surface area contributed by atoms with Crippen LogP contribution in [0, 0.1) is 12.7 Å². The fraction of sp³-hybridized carbons (Fsp3) is 0.389. The van der Waals surface area contributed by atoms with Gasteiger partial charge in [-0.1, -0.05) is 12.1 Å². The molecule has 0 atom stereocenters. The molecule has 0 spiro atoms. The summed E-state index contributed by atoms with van der Waals surface area (Å²) in [6, 6.07) is 7.91. The molecule has 2 heterocycles. The number of carbonyl (C=O) groups is 2. The van der Waals surface area contributed by atoms with Crippen molar-refractivity contribution in [3.05, 3.63) is 41.8 Å². The van der Waals surface area contributed by atoms with E-state index in [9.17, 15) is 14.0 Å². The van der Waals surface area contributed by atoms with Crippen LogP contribution in [0.15, 0.2) is 30.3 Å². The molecule has 7 nitrogen and oxygen atoms in total. The van der Waals surface area contributed by atoms with E-state index in [1.165, 1.54) is 10.7 Å². The number of nitrogens with zero attached hydrogens (tertiary/aromatic N) is 3. The Balaban J connectivity index is 1.78. The van der Waals surface area contributed by atoms with Gasteiger partial charge in [0.2, 0.25) is 11.8 Å². The van der Waals surface area contributed by atoms with Crippen LogP contribution in [-0.4, -0.2) is 51.7 Å². The number of aromatic nitrogens is 2. The molecule has 1 aliphatic rings. The highest BCUT2D eigenvalue weighted by Gasteiger charge is 2.38. The highest BCUT2D eigenvalue weighted by atomic mass is 19.1. The van der Waals surface area contributed by atoms with Crippen molar-refractivity contribution in [1.29, 1.82) is 0 Å². The number of nitrogens with one attached hydrogen (secondary N) is 2. The molecule has 1 aromatic carbocycles. The van der Waals surface area contributed by atoms with Crippen molar-refractivity contribution >= 4 is 17.6 Å². The lowest BCUT2D eigenvalue weighted by atomic mass is 9.99. The number of amides is 2. The van der Waals surface area contributed by atoms with Crippen molar-refractivity contribution < 1.29 is 14.0 Å². The van der Waals surface area contributed by atoms with Gasteiger partial charge in [-0.05, 0) is 32.9 Å². The van der Waals surface area contributed by atoms with E-state index in [0.717, 1.165) is 0 Å². The molecule has 138 valence electrons. The summed E-state index contributed by atoms with van der Waals surface area (Å²) < 4.78 is 15.5. The fourth-order valence-electron chi connectivity index (χ4n) is 2.97. The van der Waals surface area contributed by atoms with Gasteiger partial charge in [0, 0.05) is 19.2 Å². The largest absolute Gasteiger partial charge is 0.353 e. The van der Waals surface area contributed by atoms with Gasteiger partial charge in [-0.25, -0.2) is 9.07 Å². The molecule has 2 aromatic rings. The van der Waals surface area contributed by atoms with Crippen LogP contribution < -0.4 is 10.6 Å². The van der Waals surface area contributed by atoms with Crippen molar-refractivity contribution in [2.45, 2.75) is 26.3 Å². The highest BCUT2D eigenvalue weighted by Crippen LogP contribution is 2.21. The molecule has 8 heteroatoms. The van der Waals surface area contributed by atoms with Crippen LogP contribution in [-0.2, 0) is 9.59 Å². The lowest BCUT2D eigenvalue weighted by molar-refractivity contribution is -0.136. The van der Waals surface area contributed by atoms with Crippen LogP contribution in [0.4, 0.5) is 10.2 Å². The van der Waals surface area contributed by atoms with Gasteiger partial charge in [-0.2, -0.15) is 5.10 Å². The summed E-state index contributed by atoms with van der Waals surface area (Å²) in [6.45, 7) is 6.47. The summed E-state index contributed by atoms with van der Waals surface area (Å²) in [6.07, 6.45) is 0. The molecule has 1 aliphatic heterocycles. The summed E-state index contributed by atoms with van der Waals surface area (Å²) in [7, 11) is 0. The van der Waals surface area contributed by atoms with Gasteiger partial charge >= 0.3 is 0 Å². The molecule has 3 rings (SSSR count). The second-order valence-corrected chi connectivity index (χ2v) is 6.82. The van der Waals surface area contributed by atoms with E-state index >= 15 is 0 Å². The van der Waals surface area contributed by atoms with E-state index in [0.29, 0.717) is 24.6 Å². The lowest BCUT2D eigenvalue weighted by Crippen LogP contribution is -2.62. The van der Waals surface area contributed by atoms with Crippen LogP contribution in [0.25, 0.3) is 5.69 Å². The maximum Gasteiger partial charge on any atom is 0.240 e. The van der Waals surface area contributed by atoms with Crippen molar-refractivity contribution in [3.8, 4) is 5.69 Å². The monoisotopic (exact) mass is 359 g/mol. The van der Waals surface area contributed by atoms with Crippen LogP contribution in [0.1, 0.15) is 19.5 Å². The maximum absolute atomic E-state index is 14.1. The van der Waals surface area contributed by atoms with E-state index < -0.39 is 11.4 Å². The van der Waals surface area contributed by atoms with E-state index in [2.05, 4.69) is 15.7 Å². The molecule has 0 aliphatic carbocycles. The Labute approximate surface area is 151 Å². The summed E-state index contributed by atoms with van der Waals surface area (Å²) in [5.41, 5.74) is 0.145. The van der Waals surface area contributed by atoms with E-state index in [-0.39, 0.29) is 24.0 Å². The first-order chi connectivity index (χ1) is 12.3. The summed E-state index contributed by atoms with van der Waals surface area (Å²) >= 11 is 0. The highest BCUT2D eigenvalue weighted by molar-refractivity contribution is 5.93. The molecule has 0 unspecified atom stereocenters. The summed E-state index contributed by atoms with van der Waals surface area (Å²) in [5, 5.41) is 9.84. The Morgan fingerprint density at radius 3 is 2.85 bits per heavy atom. The van der Waals surface area contributed by atoms with Crippen molar-refractivity contribution in [3.63, 3.8) is 0 Å². The van der Waals surface area contributed by atoms with Gasteiger partial charge in [0.15, 0.2) is 0 Å². The normalized spacial score (nSPS) is 17.0. The number of para-hydroxylation sites is 1. The van der Waals surface area contributed by atoms with Crippen molar-refractivity contribution in [1.82, 2.24) is 20.0 Å². The summed E-state index contributed by atoms with van der Waals surface area (Å²) in [4.78, 5) is 26.4. The zero-order valence-corrected chi connectivity index (χ0v) is 15.0. The lowest BCUT2D eigenvalue weighted by Gasteiger charge is -2.40. The van der Waals surface area contributed by atoms with Crippen molar-refractivity contribution in [2.75, 3.05) is 25.0 Å². The van der Waals surface area contributed by atoms with Crippen LogP contribution in [0.2, 0.25) is 0 Å². The molecule has 1 fully saturated rings. The Kier molecular flexibility index (Phi) is 4.78. The molecule has 2 amide bonds. The Morgan fingerprint density at radius 2 is 2.12 bits per heavy atom. The third-order valence-corrected chi connectivity index (χ3v) is 4.53. The standard InChI is InChI=1S/C18H22FN5O2/c1-12-10-15(24(22-12)14-7-5-4-6-13(14)19)21-16(25)11-23-9-8-20-17(26)18(23,2)3/h4-7,10H,8-9,11H2,1-3H3,(H,20,26)(H,21,25). The van der Waals surface area contributed by atoms with E-state index in [1.807, 2.05) is 4.90 Å². The summed E-state index contributed by atoms with van der Waals surface area (Å²) in [5.74, 6) is -0.439. The molecule has 0 bridgehead atoms. The molecule has 1 saturated heterocycles. The molecule has 0 radical (unpaired) electrons. The van der Waals surface area contributed by atoms with Gasteiger partial charge in [-0.15, -0.1) is 0 Å². The number of carbonyl (C=O) groups excluding carboxylic acids is 2. The van der Waals surface area contributed by atoms with E-state index in [1.54, 1.807) is 45.0 Å². The number of hydrogen-bond donors (Lipinski definition) is 2. The molecular formula is C18H22FN5O2. The van der Waals surface area contributed by atoms with Crippen LogP contribution in [0.3, 0.4) is 0 Å². The van der Waals surface area contributed by atoms with Crippen molar-refractivity contribution in [2.24, 2.45) is 0 Å². The van der Waals surface area contributed by atoms with Gasteiger partial charge in [0.25, 0.3) is 0 Å².